The van der Waals surface area contributed by atoms with Gasteiger partial charge in [-0.1, -0.05) is 58.0 Å². The van der Waals surface area contributed by atoms with E-state index < -0.39 is 8.32 Å². The molecule has 4 rings (SSSR count). The largest absolute Gasteiger partial charge is 0.413 e. The first kappa shape index (κ1) is 22.2. The zero-order valence-corrected chi connectivity index (χ0v) is 20.5. The molecule has 3 aliphatic rings. The number of carbonyl (C=O) groups excluding carboxylic acids is 1. The van der Waals surface area contributed by atoms with Crippen molar-refractivity contribution in [2.45, 2.75) is 95.9 Å². The Morgan fingerprint density at radius 3 is 2.50 bits per heavy atom. The predicted molar refractivity (Wildman–Crippen MR) is 121 cm³/mol. The fourth-order valence-electron chi connectivity index (χ4n) is 5.43. The maximum absolute atomic E-state index is 12.6. The predicted octanol–water partition coefficient (Wildman–Crippen LogP) is 5.51. The van der Waals surface area contributed by atoms with Crippen molar-refractivity contribution in [3.05, 3.63) is 35.9 Å². The molecule has 2 aliphatic carbocycles. The Balaban J connectivity index is 1.62. The van der Waals surface area contributed by atoms with Crippen molar-refractivity contribution in [2.75, 3.05) is 6.61 Å². The van der Waals surface area contributed by atoms with E-state index in [2.05, 4.69) is 52.9 Å². The minimum atomic E-state index is -1.94. The number of ketones is 1. The summed E-state index contributed by atoms with van der Waals surface area (Å²) in [5, 5.41) is 0.155. The smallest absolute Gasteiger partial charge is 0.192 e. The molecule has 4 nitrogen and oxygen atoms in total. The zero-order valence-electron chi connectivity index (χ0n) is 19.5. The Kier molecular flexibility index (Phi) is 5.58. The van der Waals surface area contributed by atoms with Gasteiger partial charge in [0.25, 0.3) is 0 Å². The average molecular weight is 431 g/mol. The highest BCUT2D eigenvalue weighted by atomic mass is 28.4. The number of hydrogen-bond donors (Lipinski definition) is 0. The van der Waals surface area contributed by atoms with Crippen LogP contribution in [0.2, 0.25) is 18.1 Å². The zero-order chi connectivity index (χ0) is 21.8. The van der Waals surface area contributed by atoms with Crippen molar-refractivity contribution in [3.63, 3.8) is 0 Å². The Morgan fingerprint density at radius 1 is 1.20 bits per heavy atom. The molecule has 5 atom stereocenters. The van der Waals surface area contributed by atoms with Crippen LogP contribution in [-0.4, -0.2) is 38.5 Å². The Labute approximate surface area is 182 Å². The van der Waals surface area contributed by atoms with Crippen LogP contribution in [-0.2, 0) is 25.3 Å². The summed E-state index contributed by atoms with van der Waals surface area (Å²) >= 11 is 0. The van der Waals surface area contributed by atoms with E-state index in [-0.39, 0.29) is 34.2 Å². The Morgan fingerprint density at radius 2 is 1.90 bits per heavy atom. The Hall–Kier alpha value is -1.01. The molecule has 1 saturated heterocycles. The van der Waals surface area contributed by atoms with Crippen LogP contribution in [0.1, 0.15) is 58.9 Å². The molecule has 0 spiro atoms. The third-order valence-corrected chi connectivity index (χ3v) is 13.1. The number of fused-ring (bicyclic) bond motifs is 3. The van der Waals surface area contributed by atoms with Crippen molar-refractivity contribution >= 4 is 14.1 Å². The maximum Gasteiger partial charge on any atom is 0.192 e. The molecule has 2 saturated carbocycles. The highest BCUT2D eigenvalue weighted by Crippen LogP contribution is 2.60. The normalized spacial score (nSPS) is 36.6. The van der Waals surface area contributed by atoms with Gasteiger partial charge >= 0.3 is 0 Å². The number of Topliss-reactive ketones (excluding diaryl/α,β-unsaturated/α-hetero) is 1. The van der Waals surface area contributed by atoms with E-state index in [0.717, 1.165) is 12.8 Å². The van der Waals surface area contributed by atoms with Crippen molar-refractivity contribution in [3.8, 4) is 0 Å². The van der Waals surface area contributed by atoms with Gasteiger partial charge in [0.05, 0.1) is 25.4 Å². The Bertz CT molecular complexity index is 786. The minimum absolute atomic E-state index is 0.0138. The van der Waals surface area contributed by atoms with E-state index in [0.29, 0.717) is 31.8 Å². The van der Waals surface area contributed by atoms with Crippen LogP contribution in [0.25, 0.3) is 0 Å². The molecule has 3 fully saturated rings. The minimum Gasteiger partial charge on any atom is -0.413 e. The van der Waals surface area contributed by atoms with E-state index in [9.17, 15) is 4.79 Å². The summed E-state index contributed by atoms with van der Waals surface area (Å²) in [6, 6.07) is 10.3. The van der Waals surface area contributed by atoms with Gasteiger partial charge in [-0.15, -0.1) is 0 Å². The number of benzene rings is 1. The first-order valence-electron chi connectivity index (χ1n) is 11.5. The van der Waals surface area contributed by atoms with Gasteiger partial charge in [0.15, 0.2) is 8.32 Å². The van der Waals surface area contributed by atoms with Gasteiger partial charge in [-0.25, -0.2) is 0 Å². The molecule has 1 heterocycles. The van der Waals surface area contributed by atoms with Crippen molar-refractivity contribution in [1.29, 1.82) is 0 Å². The summed E-state index contributed by atoms with van der Waals surface area (Å²) in [6.45, 7) is 15.0. The summed E-state index contributed by atoms with van der Waals surface area (Å²) in [4.78, 5) is 12.6. The highest BCUT2D eigenvalue weighted by Gasteiger charge is 2.68. The highest BCUT2D eigenvalue weighted by molar-refractivity contribution is 6.74. The van der Waals surface area contributed by atoms with Gasteiger partial charge in [0.2, 0.25) is 0 Å². The van der Waals surface area contributed by atoms with E-state index in [4.69, 9.17) is 13.9 Å². The summed E-state index contributed by atoms with van der Waals surface area (Å²) in [5.74, 6) is 0.510. The molecule has 0 unspecified atom stereocenters. The fraction of sp³-hybridized carbons (Fsp3) is 0.720. The van der Waals surface area contributed by atoms with Gasteiger partial charge in [-0.05, 0) is 35.5 Å². The first-order valence-corrected chi connectivity index (χ1v) is 14.4. The SMILES string of the molecule is CC(C)(C)[Si](C)(C)O[C@H]1C[C@H]2OC[C@@]2(OCc2ccccc2)[C@H]2CC(=O)CC[C@]12C. The van der Waals surface area contributed by atoms with Crippen LogP contribution >= 0.6 is 0 Å². The van der Waals surface area contributed by atoms with E-state index in [1.165, 1.54) is 5.56 Å². The van der Waals surface area contributed by atoms with Crippen molar-refractivity contribution < 1.29 is 18.7 Å². The maximum atomic E-state index is 12.6. The lowest BCUT2D eigenvalue weighted by atomic mass is 9.51. The summed E-state index contributed by atoms with van der Waals surface area (Å²) in [5.41, 5.74) is 0.745. The third kappa shape index (κ3) is 3.62. The molecule has 0 aromatic heterocycles. The van der Waals surface area contributed by atoms with Crippen LogP contribution in [0, 0.1) is 11.3 Å². The summed E-state index contributed by atoms with van der Waals surface area (Å²) < 4.78 is 19.8. The fourth-order valence-corrected chi connectivity index (χ4v) is 6.86. The lowest BCUT2D eigenvalue weighted by Gasteiger charge is -2.65. The molecule has 30 heavy (non-hydrogen) atoms. The number of rotatable bonds is 5. The molecule has 1 aromatic rings. The van der Waals surface area contributed by atoms with Crippen LogP contribution < -0.4 is 0 Å². The molecular formula is C25H38O4Si. The van der Waals surface area contributed by atoms with Crippen LogP contribution in [0.15, 0.2) is 30.3 Å². The van der Waals surface area contributed by atoms with Gasteiger partial charge in [-0.2, -0.15) is 0 Å². The van der Waals surface area contributed by atoms with Gasteiger partial charge in [0.1, 0.15) is 11.4 Å². The molecule has 1 aliphatic heterocycles. The lowest BCUT2D eigenvalue weighted by molar-refractivity contribution is -0.339. The second kappa shape index (κ2) is 7.54. The molecular weight excluding hydrogens is 392 g/mol. The lowest BCUT2D eigenvalue weighted by Crippen LogP contribution is -2.74. The number of ether oxygens (including phenoxy) is 2. The van der Waals surface area contributed by atoms with Gasteiger partial charge < -0.3 is 13.9 Å². The summed E-state index contributed by atoms with van der Waals surface area (Å²) in [7, 11) is -1.94. The number of hydrogen-bond acceptors (Lipinski definition) is 4. The van der Waals surface area contributed by atoms with Crippen LogP contribution in [0.5, 0.6) is 0 Å². The molecule has 5 heteroatoms. The molecule has 0 bridgehead atoms. The standard InChI is InChI=1S/C25H38O4Si/c1-23(2,3)30(5,6)29-21-15-22-25(17-27-22,28-16-18-10-8-7-9-11-18)20-14-19(26)12-13-24(20,21)4/h7-11,20-22H,12-17H2,1-6H3/t20-,21-,22+,24-,25+/m0/s1. The molecule has 1 aromatic carbocycles. The second-order valence-corrected chi connectivity index (χ2v) is 16.2. The van der Waals surface area contributed by atoms with Crippen molar-refractivity contribution in [2.24, 2.45) is 11.3 Å². The molecule has 166 valence electrons. The monoisotopic (exact) mass is 430 g/mol. The molecule has 0 radical (unpaired) electrons. The quantitative estimate of drug-likeness (QED) is 0.578. The number of carbonyl (C=O) groups is 1. The second-order valence-electron chi connectivity index (χ2n) is 11.4. The van der Waals surface area contributed by atoms with E-state index in [1.807, 2.05) is 18.2 Å². The third-order valence-electron chi connectivity index (χ3n) is 8.57. The van der Waals surface area contributed by atoms with Crippen molar-refractivity contribution in [1.82, 2.24) is 0 Å². The van der Waals surface area contributed by atoms with Gasteiger partial charge in [0, 0.05) is 25.2 Å². The average Bonchev–Trinajstić information content (AvgIpc) is 2.66. The summed E-state index contributed by atoms with van der Waals surface area (Å²) in [6.07, 6.45) is 3.13. The van der Waals surface area contributed by atoms with Gasteiger partial charge in [-0.3, -0.25) is 4.79 Å². The topological polar surface area (TPSA) is 44.8 Å². The molecule has 0 amide bonds. The van der Waals surface area contributed by atoms with E-state index >= 15 is 0 Å². The van der Waals surface area contributed by atoms with Crippen LogP contribution in [0.4, 0.5) is 0 Å². The van der Waals surface area contributed by atoms with Crippen LogP contribution in [0.3, 0.4) is 0 Å². The van der Waals surface area contributed by atoms with E-state index in [1.54, 1.807) is 0 Å². The molecule has 0 N–H and O–H groups in total. The first-order chi connectivity index (χ1) is 14.0.